The molecule has 0 unspecified atom stereocenters. The van der Waals surface area contributed by atoms with E-state index in [1.807, 2.05) is 0 Å². The van der Waals surface area contributed by atoms with Crippen LogP contribution in [0.3, 0.4) is 0 Å². The van der Waals surface area contributed by atoms with Crippen molar-refractivity contribution in [3.05, 3.63) is 35.4 Å². The minimum atomic E-state index is 0.279. The van der Waals surface area contributed by atoms with Crippen LogP contribution in [-0.2, 0) is 10.6 Å². The van der Waals surface area contributed by atoms with Crippen molar-refractivity contribution >= 4 is 35.1 Å². The van der Waals surface area contributed by atoms with Crippen molar-refractivity contribution in [2.75, 3.05) is 30.5 Å². The number of alkyl halides is 1. The summed E-state index contributed by atoms with van der Waals surface area (Å²) in [6.07, 6.45) is 0. The van der Waals surface area contributed by atoms with Gasteiger partial charge in [-0.1, -0.05) is 24.3 Å². The number of benzene rings is 1. The average Bonchev–Trinajstić information content (AvgIpc) is 2.79. The lowest BCUT2D eigenvalue weighted by Crippen LogP contribution is -2.41. The lowest BCUT2D eigenvalue weighted by Gasteiger charge is -2.40. The van der Waals surface area contributed by atoms with Gasteiger partial charge in [-0.2, -0.15) is 0 Å². The van der Waals surface area contributed by atoms with Crippen LogP contribution < -0.4 is 0 Å². The maximum Gasteiger partial charge on any atom is 0.0990 e. The van der Waals surface area contributed by atoms with E-state index in [0.717, 1.165) is 25.5 Å². The first-order valence-corrected chi connectivity index (χ1v) is 8.49. The third-order valence-corrected chi connectivity index (χ3v) is 6.99. The summed E-state index contributed by atoms with van der Waals surface area (Å²) in [5, 5.41) is 0. The first-order chi connectivity index (χ1) is 8.34. The van der Waals surface area contributed by atoms with Crippen LogP contribution in [0.5, 0.6) is 0 Å². The van der Waals surface area contributed by atoms with Gasteiger partial charge in [0.05, 0.1) is 4.08 Å². The van der Waals surface area contributed by atoms with Gasteiger partial charge in [-0.05, 0) is 11.1 Å². The second-order valence-electron chi connectivity index (χ2n) is 4.51. The first-order valence-electron chi connectivity index (χ1n) is 5.99. The quantitative estimate of drug-likeness (QED) is 0.767. The summed E-state index contributed by atoms with van der Waals surface area (Å²) in [5.74, 6) is 3.27. The average molecular weight is 286 g/mol. The van der Waals surface area contributed by atoms with Crippen molar-refractivity contribution in [2.24, 2.45) is 0 Å². The standard InChI is InChI=1S/C13H16ClNS2/c14-5-6-15-9-11-3-1-2-4-12(11)13(10-15)16-7-8-17-13/h1-4H,5-10H2. The van der Waals surface area contributed by atoms with Crippen LogP contribution in [0.2, 0.25) is 0 Å². The molecule has 1 aromatic rings. The molecule has 4 heteroatoms. The normalized spacial score (nSPS) is 22.9. The van der Waals surface area contributed by atoms with E-state index in [1.165, 1.54) is 17.1 Å². The van der Waals surface area contributed by atoms with Gasteiger partial charge in [-0.3, -0.25) is 4.90 Å². The molecular formula is C13H16ClNS2. The maximum atomic E-state index is 5.90. The molecule has 1 fully saturated rings. The van der Waals surface area contributed by atoms with Gasteiger partial charge in [-0.15, -0.1) is 35.1 Å². The molecule has 17 heavy (non-hydrogen) atoms. The number of nitrogens with zero attached hydrogens (tertiary/aromatic N) is 1. The highest BCUT2D eigenvalue weighted by molar-refractivity contribution is 8.20. The van der Waals surface area contributed by atoms with E-state index in [9.17, 15) is 0 Å². The van der Waals surface area contributed by atoms with Gasteiger partial charge in [-0.25, -0.2) is 0 Å². The SMILES string of the molecule is ClCCN1Cc2ccccc2C2(C1)SCCS2. The number of halogens is 1. The van der Waals surface area contributed by atoms with Crippen LogP contribution in [0.1, 0.15) is 11.1 Å². The Morgan fingerprint density at radius 1 is 1.24 bits per heavy atom. The van der Waals surface area contributed by atoms with Crippen LogP contribution in [0.4, 0.5) is 0 Å². The zero-order chi connectivity index (χ0) is 11.7. The Morgan fingerprint density at radius 3 is 2.76 bits per heavy atom. The summed E-state index contributed by atoms with van der Waals surface area (Å²) >= 11 is 10.1. The molecule has 0 aromatic heterocycles. The zero-order valence-corrected chi connectivity index (χ0v) is 12.1. The Balaban J connectivity index is 1.97. The molecule has 1 saturated heterocycles. The Kier molecular flexibility index (Phi) is 3.62. The van der Waals surface area contributed by atoms with Gasteiger partial charge in [0, 0.05) is 37.0 Å². The Hall–Kier alpha value is 0.170. The third-order valence-electron chi connectivity index (χ3n) is 3.41. The fourth-order valence-electron chi connectivity index (χ4n) is 2.69. The van der Waals surface area contributed by atoms with Crippen LogP contribution >= 0.6 is 35.1 Å². The Labute approximate surface area is 116 Å². The van der Waals surface area contributed by atoms with Crippen LogP contribution in [-0.4, -0.2) is 35.4 Å². The van der Waals surface area contributed by atoms with E-state index in [-0.39, 0.29) is 4.08 Å². The predicted molar refractivity (Wildman–Crippen MR) is 79.0 cm³/mol. The fourth-order valence-corrected chi connectivity index (χ4v) is 6.34. The zero-order valence-electron chi connectivity index (χ0n) is 9.69. The van der Waals surface area contributed by atoms with E-state index < -0.39 is 0 Å². The molecule has 0 aliphatic carbocycles. The molecule has 2 aliphatic rings. The van der Waals surface area contributed by atoms with E-state index in [1.54, 1.807) is 5.56 Å². The summed E-state index contributed by atoms with van der Waals surface area (Å²) in [6, 6.07) is 8.92. The molecule has 0 N–H and O–H groups in total. The van der Waals surface area contributed by atoms with E-state index in [2.05, 4.69) is 52.7 Å². The van der Waals surface area contributed by atoms with Crippen LogP contribution in [0.15, 0.2) is 24.3 Å². The smallest absolute Gasteiger partial charge is 0.0990 e. The van der Waals surface area contributed by atoms with Crippen molar-refractivity contribution < 1.29 is 0 Å². The predicted octanol–water partition coefficient (Wildman–Crippen LogP) is 3.37. The Bertz CT molecular complexity index is 404. The van der Waals surface area contributed by atoms with Gasteiger partial charge in [0.1, 0.15) is 0 Å². The van der Waals surface area contributed by atoms with Crippen LogP contribution in [0, 0.1) is 0 Å². The Morgan fingerprint density at radius 2 is 2.00 bits per heavy atom. The number of hydrogen-bond acceptors (Lipinski definition) is 3. The first kappa shape index (κ1) is 12.2. The third kappa shape index (κ3) is 2.23. The summed E-state index contributed by atoms with van der Waals surface area (Å²) in [6.45, 7) is 3.20. The molecule has 3 rings (SSSR count). The maximum absolute atomic E-state index is 5.90. The highest BCUT2D eigenvalue weighted by atomic mass is 35.5. The summed E-state index contributed by atoms with van der Waals surface area (Å²) in [4.78, 5) is 2.50. The second kappa shape index (κ2) is 5.04. The van der Waals surface area contributed by atoms with Crippen molar-refractivity contribution in [2.45, 2.75) is 10.6 Å². The monoisotopic (exact) mass is 285 g/mol. The molecule has 2 heterocycles. The number of rotatable bonds is 2. The molecule has 0 radical (unpaired) electrons. The molecule has 0 amide bonds. The van der Waals surface area contributed by atoms with Gasteiger partial charge in [0.2, 0.25) is 0 Å². The summed E-state index contributed by atoms with van der Waals surface area (Å²) in [7, 11) is 0. The number of thioether (sulfide) groups is 2. The lowest BCUT2D eigenvalue weighted by atomic mass is 9.99. The number of fused-ring (bicyclic) bond motifs is 2. The minimum absolute atomic E-state index is 0.279. The van der Waals surface area contributed by atoms with Crippen molar-refractivity contribution in [3.63, 3.8) is 0 Å². The van der Waals surface area contributed by atoms with Gasteiger partial charge < -0.3 is 0 Å². The van der Waals surface area contributed by atoms with Crippen molar-refractivity contribution in [1.82, 2.24) is 4.90 Å². The molecule has 0 atom stereocenters. The highest BCUT2D eigenvalue weighted by Gasteiger charge is 2.42. The second-order valence-corrected chi connectivity index (χ2v) is 7.93. The molecule has 1 nitrogen and oxygen atoms in total. The molecule has 92 valence electrons. The van der Waals surface area contributed by atoms with Gasteiger partial charge in [0.15, 0.2) is 0 Å². The molecule has 0 saturated carbocycles. The molecular weight excluding hydrogens is 270 g/mol. The van der Waals surface area contributed by atoms with Crippen LogP contribution in [0.25, 0.3) is 0 Å². The van der Waals surface area contributed by atoms with Crippen molar-refractivity contribution in [1.29, 1.82) is 0 Å². The van der Waals surface area contributed by atoms with E-state index in [0.29, 0.717) is 0 Å². The van der Waals surface area contributed by atoms with Gasteiger partial charge >= 0.3 is 0 Å². The summed E-state index contributed by atoms with van der Waals surface area (Å²) < 4.78 is 0.279. The number of hydrogen-bond donors (Lipinski definition) is 0. The summed E-state index contributed by atoms with van der Waals surface area (Å²) in [5.41, 5.74) is 3.05. The van der Waals surface area contributed by atoms with Crippen molar-refractivity contribution in [3.8, 4) is 0 Å². The van der Waals surface area contributed by atoms with Gasteiger partial charge in [0.25, 0.3) is 0 Å². The van der Waals surface area contributed by atoms with E-state index >= 15 is 0 Å². The molecule has 1 aromatic carbocycles. The minimum Gasteiger partial charge on any atom is -0.295 e. The lowest BCUT2D eigenvalue weighted by molar-refractivity contribution is 0.259. The largest absolute Gasteiger partial charge is 0.295 e. The fraction of sp³-hybridized carbons (Fsp3) is 0.538. The molecule has 2 aliphatic heterocycles. The molecule has 0 bridgehead atoms. The van der Waals surface area contributed by atoms with E-state index in [4.69, 9.17) is 11.6 Å². The topological polar surface area (TPSA) is 3.24 Å². The molecule has 1 spiro atoms. The highest BCUT2D eigenvalue weighted by Crippen LogP contribution is 2.54.